The summed E-state index contributed by atoms with van der Waals surface area (Å²) in [6.45, 7) is 2.67. The monoisotopic (exact) mass is 268 g/mol. The van der Waals surface area contributed by atoms with Gasteiger partial charge in [-0.15, -0.1) is 0 Å². The van der Waals surface area contributed by atoms with Gasteiger partial charge in [0, 0.05) is 43.9 Å². The van der Waals surface area contributed by atoms with E-state index in [1.54, 1.807) is 17.1 Å². The molecule has 6 nitrogen and oxygen atoms in total. The molecule has 20 heavy (non-hydrogen) atoms. The molecule has 102 valence electrons. The van der Waals surface area contributed by atoms with Gasteiger partial charge in [0.05, 0.1) is 11.9 Å². The Morgan fingerprint density at radius 1 is 1.25 bits per heavy atom. The molecule has 0 radical (unpaired) electrons. The molecule has 0 saturated carbocycles. The fraction of sp³-hybridized carbons (Fsp3) is 0.214. The molecule has 0 bridgehead atoms. The first-order valence-corrected chi connectivity index (χ1v) is 6.41. The Hall–Kier alpha value is -2.63. The van der Waals surface area contributed by atoms with Gasteiger partial charge < -0.3 is 5.32 Å². The highest BCUT2D eigenvalue weighted by Crippen LogP contribution is 2.19. The number of nitrogens with one attached hydrogen (secondary N) is 1. The summed E-state index contributed by atoms with van der Waals surface area (Å²) in [5, 5.41) is 7.56. The van der Waals surface area contributed by atoms with Crippen molar-refractivity contribution in [3.05, 3.63) is 54.5 Å². The van der Waals surface area contributed by atoms with Crippen molar-refractivity contribution in [2.75, 3.05) is 5.32 Å². The first-order chi connectivity index (χ1) is 9.74. The van der Waals surface area contributed by atoms with Crippen molar-refractivity contribution in [3.63, 3.8) is 0 Å². The first-order valence-electron chi connectivity index (χ1n) is 6.41. The van der Waals surface area contributed by atoms with Gasteiger partial charge in [-0.05, 0) is 19.1 Å². The lowest BCUT2D eigenvalue weighted by Gasteiger charge is -2.11. The summed E-state index contributed by atoms with van der Waals surface area (Å²) in [5.41, 5.74) is 2.10. The maximum atomic E-state index is 4.44. The molecule has 0 fully saturated rings. The molecule has 6 heteroatoms. The van der Waals surface area contributed by atoms with Crippen molar-refractivity contribution in [1.82, 2.24) is 24.3 Å². The van der Waals surface area contributed by atoms with E-state index in [4.69, 9.17) is 0 Å². The normalized spacial score (nSPS) is 10.7. The maximum Gasteiger partial charge on any atom is 0.161 e. The lowest BCUT2D eigenvalue weighted by Crippen LogP contribution is -2.06. The van der Waals surface area contributed by atoms with Gasteiger partial charge in [0.1, 0.15) is 5.82 Å². The number of aryl methyl sites for hydroxylation is 2. The number of pyridine rings is 1. The molecule has 1 N–H and O–H groups in total. The van der Waals surface area contributed by atoms with Crippen LogP contribution >= 0.6 is 0 Å². The number of rotatable bonds is 4. The topological polar surface area (TPSA) is 60.6 Å². The first kappa shape index (κ1) is 12.4. The Kier molecular flexibility index (Phi) is 3.20. The number of imidazole rings is 1. The third-order valence-corrected chi connectivity index (χ3v) is 3.08. The van der Waals surface area contributed by atoms with Crippen LogP contribution in [0.15, 0.2) is 43.1 Å². The SMILES string of the molecule is Cc1nccn1-c1ncccc1NCc1cnn(C)c1. The largest absolute Gasteiger partial charge is 0.378 e. The van der Waals surface area contributed by atoms with Gasteiger partial charge >= 0.3 is 0 Å². The van der Waals surface area contributed by atoms with E-state index in [9.17, 15) is 0 Å². The maximum absolute atomic E-state index is 4.44. The second-order valence-corrected chi connectivity index (χ2v) is 4.59. The van der Waals surface area contributed by atoms with Crippen LogP contribution in [0.5, 0.6) is 0 Å². The number of hydrogen-bond donors (Lipinski definition) is 1. The lowest BCUT2D eigenvalue weighted by atomic mass is 10.3. The smallest absolute Gasteiger partial charge is 0.161 e. The minimum atomic E-state index is 0.709. The van der Waals surface area contributed by atoms with Gasteiger partial charge in [0.2, 0.25) is 0 Å². The van der Waals surface area contributed by atoms with Crippen LogP contribution in [0.3, 0.4) is 0 Å². The Labute approximate surface area is 117 Å². The van der Waals surface area contributed by atoms with Crippen molar-refractivity contribution < 1.29 is 0 Å². The number of hydrogen-bond acceptors (Lipinski definition) is 4. The Morgan fingerprint density at radius 2 is 2.15 bits per heavy atom. The van der Waals surface area contributed by atoms with E-state index >= 15 is 0 Å². The lowest BCUT2D eigenvalue weighted by molar-refractivity contribution is 0.767. The number of anilines is 1. The molecule has 3 rings (SSSR count). The molecule has 0 atom stereocenters. The van der Waals surface area contributed by atoms with E-state index < -0.39 is 0 Å². The van der Waals surface area contributed by atoms with E-state index in [2.05, 4.69) is 20.4 Å². The highest BCUT2D eigenvalue weighted by molar-refractivity contribution is 5.57. The van der Waals surface area contributed by atoms with Crippen LogP contribution in [0, 0.1) is 6.92 Å². The average molecular weight is 268 g/mol. The zero-order valence-corrected chi connectivity index (χ0v) is 11.5. The fourth-order valence-electron chi connectivity index (χ4n) is 2.09. The Morgan fingerprint density at radius 3 is 2.85 bits per heavy atom. The van der Waals surface area contributed by atoms with E-state index in [0.717, 1.165) is 22.9 Å². The zero-order chi connectivity index (χ0) is 13.9. The van der Waals surface area contributed by atoms with Crippen LogP contribution in [0.1, 0.15) is 11.4 Å². The van der Waals surface area contributed by atoms with Crippen LogP contribution in [0.4, 0.5) is 5.69 Å². The number of aromatic nitrogens is 5. The van der Waals surface area contributed by atoms with Gasteiger partial charge in [-0.3, -0.25) is 9.25 Å². The molecular weight excluding hydrogens is 252 g/mol. The van der Waals surface area contributed by atoms with Crippen molar-refractivity contribution >= 4 is 5.69 Å². The van der Waals surface area contributed by atoms with Crippen LogP contribution in [-0.4, -0.2) is 24.3 Å². The minimum Gasteiger partial charge on any atom is -0.378 e. The van der Waals surface area contributed by atoms with Crippen molar-refractivity contribution in [2.45, 2.75) is 13.5 Å². The predicted octanol–water partition coefficient (Wildman–Crippen LogP) is 1.92. The van der Waals surface area contributed by atoms with Gasteiger partial charge in [-0.1, -0.05) is 0 Å². The summed E-state index contributed by atoms with van der Waals surface area (Å²) in [4.78, 5) is 8.68. The fourth-order valence-corrected chi connectivity index (χ4v) is 2.09. The molecule has 0 spiro atoms. The van der Waals surface area contributed by atoms with Crippen molar-refractivity contribution in [1.29, 1.82) is 0 Å². The predicted molar refractivity (Wildman–Crippen MR) is 76.6 cm³/mol. The van der Waals surface area contributed by atoms with Gasteiger partial charge in [0.15, 0.2) is 5.82 Å². The summed E-state index contributed by atoms with van der Waals surface area (Å²) in [7, 11) is 1.91. The molecule has 0 unspecified atom stereocenters. The molecule has 0 amide bonds. The van der Waals surface area contributed by atoms with Crippen LogP contribution in [0.25, 0.3) is 5.82 Å². The molecule has 3 heterocycles. The Balaban J connectivity index is 1.85. The minimum absolute atomic E-state index is 0.709. The van der Waals surface area contributed by atoms with Crippen LogP contribution in [0.2, 0.25) is 0 Å². The molecule has 0 aliphatic heterocycles. The zero-order valence-electron chi connectivity index (χ0n) is 11.5. The van der Waals surface area contributed by atoms with Crippen molar-refractivity contribution in [3.8, 4) is 5.82 Å². The van der Waals surface area contributed by atoms with Crippen LogP contribution in [-0.2, 0) is 13.6 Å². The molecule has 0 aromatic carbocycles. The molecule has 0 saturated heterocycles. The van der Waals surface area contributed by atoms with E-state index in [1.807, 2.05) is 49.3 Å². The van der Waals surface area contributed by atoms with Crippen molar-refractivity contribution in [2.24, 2.45) is 7.05 Å². The molecular formula is C14H16N6. The summed E-state index contributed by atoms with van der Waals surface area (Å²) < 4.78 is 3.76. The number of nitrogens with zero attached hydrogens (tertiary/aromatic N) is 5. The van der Waals surface area contributed by atoms with Crippen LogP contribution < -0.4 is 5.32 Å². The third kappa shape index (κ3) is 2.40. The standard InChI is InChI=1S/C14H16N6/c1-11-15-6-7-20(11)14-13(4-3-5-16-14)17-8-12-9-18-19(2)10-12/h3-7,9-10,17H,8H2,1-2H3. The Bertz CT molecular complexity index is 712. The highest BCUT2D eigenvalue weighted by Gasteiger charge is 2.08. The second kappa shape index (κ2) is 5.16. The quantitative estimate of drug-likeness (QED) is 0.785. The van der Waals surface area contributed by atoms with Gasteiger partial charge in [-0.2, -0.15) is 5.10 Å². The third-order valence-electron chi connectivity index (χ3n) is 3.08. The van der Waals surface area contributed by atoms with E-state index in [1.165, 1.54) is 0 Å². The highest BCUT2D eigenvalue weighted by atomic mass is 15.2. The summed E-state index contributed by atoms with van der Waals surface area (Å²) >= 11 is 0. The summed E-state index contributed by atoms with van der Waals surface area (Å²) in [6, 6.07) is 3.93. The molecule has 0 aliphatic carbocycles. The van der Waals surface area contributed by atoms with Gasteiger partial charge in [-0.25, -0.2) is 9.97 Å². The summed E-state index contributed by atoms with van der Waals surface area (Å²) in [6.07, 6.45) is 9.31. The molecule has 0 aliphatic rings. The molecule has 3 aromatic rings. The summed E-state index contributed by atoms with van der Waals surface area (Å²) in [5.74, 6) is 1.76. The molecule has 3 aromatic heterocycles. The average Bonchev–Trinajstić information content (AvgIpc) is 3.05. The van der Waals surface area contributed by atoms with E-state index in [0.29, 0.717) is 6.54 Å². The van der Waals surface area contributed by atoms with Gasteiger partial charge in [0.25, 0.3) is 0 Å². The second-order valence-electron chi connectivity index (χ2n) is 4.59. The van der Waals surface area contributed by atoms with E-state index in [-0.39, 0.29) is 0 Å².